The molecule has 0 aromatic heterocycles. The zero-order valence-corrected chi connectivity index (χ0v) is 27.4. The molecule has 46 heavy (non-hydrogen) atoms. The summed E-state index contributed by atoms with van der Waals surface area (Å²) in [5.74, 6) is -1.69. The monoisotopic (exact) mass is 635 g/mol. The van der Waals surface area contributed by atoms with Gasteiger partial charge in [-0.2, -0.15) is 0 Å². The lowest BCUT2D eigenvalue weighted by molar-refractivity contribution is -0.145. The van der Waals surface area contributed by atoms with Gasteiger partial charge in [-0.25, -0.2) is 0 Å². The van der Waals surface area contributed by atoms with Crippen LogP contribution in [-0.4, -0.2) is 73.9 Å². The van der Waals surface area contributed by atoms with E-state index in [1.54, 1.807) is 21.6 Å². The van der Waals surface area contributed by atoms with Crippen LogP contribution in [0, 0.1) is 17.8 Å². The molecule has 2 fully saturated rings. The molecule has 7 nitrogen and oxygen atoms in total. The first kappa shape index (κ1) is 30.8. The lowest BCUT2D eigenvalue weighted by Gasteiger charge is -2.40. The first-order chi connectivity index (χ1) is 22.2. The molecule has 238 valence electrons. The van der Waals surface area contributed by atoms with Gasteiger partial charge >= 0.3 is 0 Å². The summed E-state index contributed by atoms with van der Waals surface area (Å²) in [6.07, 6.45) is 8.74. The second-order valence-electron chi connectivity index (χ2n) is 13.7. The minimum Gasteiger partial charge on any atom is -0.394 e. The van der Waals surface area contributed by atoms with Crippen LogP contribution in [0.2, 0.25) is 0 Å². The number of likely N-dealkylation sites (tertiary alicyclic amines) is 1. The Bertz CT molecular complexity index is 1740. The summed E-state index contributed by atoms with van der Waals surface area (Å²) in [5, 5.41) is 12.8. The quantitative estimate of drug-likeness (QED) is 0.350. The Kier molecular flexibility index (Phi) is 7.84. The molecule has 4 aliphatic rings. The molecule has 1 N–H and O–H groups in total. The van der Waals surface area contributed by atoms with Gasteiger partial charge in [-0.05, 0) is 47.7 Å². The average Bonchev–Trinajstić information content (AvgIpc) is 3.33. The van der Waals surface area contributed by atoms with Gasteiger partial charge < -0.3 is 19.8 Å². The van der Waals surface area contributed by atoms with Crippen molar-refractivity contribution < 1.29 is 19.5 Å². The normalized spacial score (nSPS) is 29.6. The standard InChI is InChI=1S/C38H41N3O4S/c1-25(2)21-30(24-42)41-33-36(45)40(29-16-15-27-13-7-8-14-28(27)22-29)20-10-18-38(33)32(35(41)44)31-34(43)39(19-9-17-37(31,3)46-38)23-26-11-5-4-6-12-26/h4-18,22,25,30-33,42H,19-21,23-24H2,1-3H3/t30-,31+,32+,33?,37-,38+/m1/s1. The van der Waals surface area contributed by atoms with E-state index < -0.39 is 33.4 Å². The summed E-state index contributed by atoms with van der Waals surface area (Å²) in [6.45, 7) is 7.16. The zero-order chi connectivity index (χ0) is 32.2. The average molecular weight is 636 g/mol. The molecule has 3 amide bonds. The van der Waals surface area contributed by atoms with Crippen molar-refractivity contribution in [3.8, 4) is 0 Å². The van der Waals surface area contributed by atoms with Gasteiger partial charge in [-0.3, -0.25) is 14.4 Å². The largest absolute Gasteiger partial charge is 0.394 e. The molecule has 0 aliphatic carbocycles. The molecule has 6 atom stereocenters. The van der Waals surface area contributed by atoms with E-state index in [1.165, 1.54) is 0 Å². The third-order valence-corrected chi connectivity index (χ3v) is 12.0. The van der Waals surface area contributed by atoms with Gasteiger partial charge in [0, 0.05) is 30.1 Å². The van der Waals surface area contributed by atoms with E-state index in [1.807, 2.05) is 96.8 Å². The Morgan fingerprint density at radius 3 is 2.30 bits per heavy atom. The fourth-order valence-electron chi connectivity index (χ4n) is 8.25. The van der Waals surface area contributed by atoms with E-state index in [9.17, 15) is 14.7 Å². The Hall–Kier alpha value is -3.88. The zero-order valence-electron chi connectivity index (χ0n) is 26.6. The highest BCUT2D eigenvalue weighted by Gasteiger charge is 2.74. The summed E-state index contributed by atoms with van der Waals surface area (Å²) in [4.78, 5) is 49.9. The summed E-state index contributed by atoms with van der Waals surface area (Å²) in [5.41, 5.74) is 1.79. The smallest absolute Gasteiger partial charge is 0.251 e. The number of amides is 3. The van der Waals surface area contributed by atoms with Crippen molar-refractivity contribution in [3.05, 3.63) is 103 Å². The third-order valence-electron chi connectivity index (χ3n) is 10.2. The van der Waals surface area contributed by atoms with Crippen molar-refractivity contribution in [2.24, 2.45) is 17.8 Å². The highest BCUT2D eigenvalue weighted by Crippen LogP contribution is 2.66. The van der Waals surface area contributed by atoms with Crippen molar-refractivity contribution in [1.29, 1.82) is 0 Å². The molecule has 0 saturated carbocycles. The second kappa shape index (κ2) is 11.7. The van der Waals surface area contributed by atoms with Gasteiger partial charge in [0.1, 0.15) is 6.04 Å². The minimum absolute atomic E-state index is 0.0689. The van der Waals surface area contributed by atoms with Crippen molar-refractivity contribution >= 4 is 45.9 Å². The predicted octanol–water partition coefficient (Wildman–Crippen LogP) is 5.44. The molecule has 0 radical (unpaired) electrons. The number of benzene rings is 3. The van der Waals surface area contributed by atoms with Gasteiger partial charge in [-0.1, -0.05) is 98.8 Å². The number of aliphatic hydroxyl groups excluding tert-OH is 1. The first-order valence-corrected chi connectivity index (χ1v) is 17.1. The van der Waals surface area contributed by atoms with Crippen LogP contribution in [0.1, 0.15) is 32.8 Å². The lowest BCUT2D eigenvalue weighted by Crippen LogP contribution is -2.57. The Morgan fingerprint density at radius 2 is 1.57 bits per heavy atom. The van der Waals surface area contributed by atoms with Gasteiger partial charge in [0.05, 0.1) is 29.2 Å². The fraction of sp³-hybridized carbons (Fsp3) is 0.395. The number of nitrogens with zero attached hydrogens (tertiary/aromatic N) is 3. The topological polar surface area (TPSA) is 81.2 Å². The van der Waals surface area contributed by atoms with E-state index in [2.05, 4.69) is 26.0 Å². The van der Waals surface area contributed by atoms with E-state index in [0.29, 0.717) is 26.1 Å². The number of carbonyl (C=O) groups excluding carboxylic acids is 3. The SMILES string of the molecule is CC(C)C[C@H](CO)N1C(=O)[C@@H]2[C@H]3C(=O)N(Cc4ccccc4)CC=C[C@@]3(C)S[C@@]23C=CCN(c2ccc4ccccc4c2)C(=O)C13. The van der Waals surface area contributed by atoms with Gasteiger partial charge in [-0.15, -0.1) is 11.8 Å². The molecular formula is C38H41N3O4S. The Balaban J connectivity index is 1.34. The molecule has 1 unspecified atom stereocenters. The lowest BCUT2D eigenvalue weighted by atomic mass is 9.74. The fourth-order valence-corrected chi connectivity index (χ4v) is 10.4. The van der Waals surface area contributed by atoms with Crippen LogP contribution in [0.5, 0.6) is 0 Å². The summed E-state index contributed by atoms with van der Waals surface area (Å²) in [6, 6.07) is 22.6. The maximum absolute atomic E-state index is 15.0. The second-order valence-corrected chi connectivity index (χ2v) is 15.5. The van der Waals surface area contributed by atoms with E-state index in [0.717, 1.165) is 22.0 Å². The molecular weight excluding hydrogens is 595 g/mol. The number of hydrogen-bond acceptors (Lipinski definition) is 5. The number of thioether (sulfide) groups is 1. The van der Waals surface area contributed by atoms with Crippen LogP contribution in [0.4, 0.5) is 5.69 Å². The molecule has 4 heterocycles. The van der Waals surface area contributed by atoms with Crippen molar-refractivity contribution in [2.75, 3.05) is 24.6 Å². The van der Waals surface area contributed by atoms with Crippen LogP contribution < -0.4 is 4.90 Å². The van der Waals surface area contributed by atoms with Crippen molar-refractivity contribution in [2.45, 2.75) is 55.3 Å². The van der Waals surface area contributed by atoms with Crippen LogP contribution in [-0.2, 0) is 20.9 Å². The number of rotatable bonds is 7. The van der Waals surface area contributed by atoms with Crippen LogP contribution >= 0.6 is 11.8 Å². The number of anilines is 1. The summed E-state index contributed by atoms with van der Waals surface area (Å²) >= 11 is 1.58. The Labute approximate surface area is 274 Å². The van der Waals surface area contributed by atoms with Gasteiger partial charge in [0.2, 0.25) is 11.8 Å². The van der Waals surface area contributed by atoms with Gasteiger partial charge in [0.25, 0.3) is 5.91 Å². The first-order valence-electron chi connectivity index (χ1n) is 16.3. The minimum atomic E-state index is -0.973. The third kappa shape index (κ3) is 4.88. The predicted molar refractivity (Wildman–Crippen MR) is 183 cm³/mol. The maximum atomic E-state index is 15.0. The highest BCUT2D eigenvalue weighted by atomic mass is 32.2. The van der Waals surface area contributed by atoms with Crippen molar-refractivity contribution in [3.63, 3.8) is 0 Å². The Morgan fingerprint density at radius 1 is 0.848 bits per heavy atom. The maximum Gasteiger partial charge on any atom is 0.251 e. The molecule has 7 rings (SSSR count). The van der Waals surface area contributed by atoms with E-state index >= 15 is 4.79 Å². The summed E-state index contributed by atoms with van der Waals surface area (Å²) < 4.78 is -1.66. The van der Waals surface area contributed by atoms with E-state index in [4.69, 9.17) is 0 Å². The number of aliphatic hydroxyl groups is 1. The molecule has 8 heteroatoms. The number of carbonyl (C=O) groups is 3. The van der Waals surface area contributed by atoms with Crippen molar-refractivity contribution in [1.82, 2.24) is 9.80 Å². The molecule has 0 bridgehead atoms. The van der Waals surface area contributed by atoms with Crippen LogP contribution in [0.15, 0.2) is 97.1 Å². The molecule has 4 aliphatic heterocycles. The van der Waals surface area contributed by atoms with Crippen LogP contribution in [0.3, 0.4) is 0 Å². The number of hydrogen-bond donors (Lipinski definition) is 1. The number of fused-ring (bicyclic) bond motifs is 3. The molecule has 3 aromatic carbocycles. The van der Waals surface area contributed by atoms with Gasteiger partial charge in [0.15, 0.2) is 0 Å². The van der Waals surface area contributed by atoms with Crippen LogP contribution in [0.25, 0.3) is 10.8 Å². The highest BCUT2D eigenvalue weighted by molar-refractivity contribution is 8.02. The molecule has 2 saturated heterocycles. The molecule has 3 aromatic rings. The molecule has 1 spiro atoms. The summed E-state index contributed by atoms with van der Waals surface area (Å²) in [7, 11) is 0. The van der Waals surface area contributed by atoms with E-state index in [-0.39, 0.29) is 30.2 Å².